The molecule has 0 atom stereocenters. The van der Waals surface area contributed by atoms with Crippen molar-refractivity contribution in [3.8, 4) is 0 Å². The van der Waals surface area contributed by atoms with Gasteiger partial charge in [0.2, 0.25) is 0 Å². The van der Waals surface area contributed by atoms with Gasteiger partial charge in [-0.1, -0.05) is 38.7 Å². The zero-order valence-electron chi connectivity index (χ0n) is 7.57. The van der Waals surface area contributed by atoms with Gasteiger partial charge in [-0.05, 0) is 5.04 Å². The smallest absolute Gasteiger partial charge is 0.103 e. The van der Waals surface area contributed by atoms with E-state index in [0.29, 0.717) is 5.04 Å². The van der Waals surface area contributed by atoms with Gasteiger partial charge in [0.1, 0.15) is 8.07 Å². The van der Waals surface area contributed by atoms with E-state index in [4.69, 9.17) is 0 Å². The summed E-state index contributed by atoms with van der Waals surface area (Å²) in [6.45, 7) is 16.8. The molecule has 0 aromatic carbocycles. The molecule has 0 heterocycles. The Morgan fingerprint density at radius 2 is 1.40 bits per heavy atom. The van der Waals surface area contributed by atoms with Crippen LogP contribution in [0.4, 0.5) is 0 Å². The molecule has 0 aromatic heterocycles. The van der Waals surface area contributed by atoms with Gasteiger partial charge in [-0.25, -0.2) is 0 Å². The van der Waals surface area contributed by atoms with E-state index < -0.39 is 8.07 Å². The first-order valence-corrected chi connectivity index (χ1v) is 6.30. The minimum atomic E-state index is -1.37. The molecule has 0 rings (SSSR count). The Balaban J connectivity index is 4.65. The van der Waals surface area contributed by atoms with Crippen molar-refractivity contribution in [3.63, 3.8) is 0 Å². The first-order chi connectivity index (χ1) is 4.37. The number of hydrogen-bond donors (Lipinski definition) is 0. The lowest BCUT2D eigenvalue weighted by molar-refractivity contribution is 0.733. The maximum Gasteiger partial charge on any atom is 0.103 e. The van der Waals surface area contributed by atoms with Gasteiger partial charge in [0, 0.05) is 0 Å². The van der Waals surface area contributed by atoms with Crippen molar-refractivity contribution < 1.29 is 0 Å². The van der Waals surface area contributed by atoms with Crippen molar-refractivity contribution in [2.45, 2.75) is 32.4 Å². The largest absolute Gasteiger partial charge is 0.107 e. The Morgan fingerprint density at radius 3 is 1.40 bits per heavy atom. The van der Waals surface area contributed by atoms with Gasteiger partial charge < -0.3 is 0 Å². The Bertz CT molecular complexity index is 131. The van der Waals surface area contributed by atoms with Crippen LogP contribution in [0.1, 0.15) is 20.8 Å². The number of hydrogen-bond acceptors (Lipinski definition) is 0. The summed E-state index contributed by atoms with van der Waals surface area (Å²) in [5.41, 5.74) is 4.19. The van der Waals surface area contributed by atoms with Crippen molar-refractivity contribution in [3.05, 3.63) is 24.6 Å². The van der Waals surface area contributed by atoms with Crippen molar-refractivity contribution in [1.82, 2.24) is 0 Å². The van der Waals surface area contributed by atoms with E-state index in [9.17, 15) is 0 Å². The molecule has 0 fully saturated rings. The van der Waals surface area contributed by atoms with Gasteiger partial charge in [0.25, 0.3) is 0 Å². The van der Waals surface area contributed by atoms with Crippen LogP contribution in [0.15, 0.2) is 24.6 Å². The quantitative estimate of drug-likeness (QED) is 0.535. The standard InChI is InChI=1S/C9H18Si/c1-7-10(6,8-2)9(3,4)5/h7-8H,1-2H2,3-6H3. The first kappa shape index (κ1) is 9.70. The van der Waals surface area contributed by atoms with Crippen LogP contribution in [-0.4, -0.2) is 8.07 Å². The van der Waals surface area contributed by atoms with Crippen LogP contribution in [0.5, 0.6) is 0 Å². The fourth-order valence-corrected chi connectivity index (χ4v) is 2.09. The summed E-state index contributed by atoms with van der Waals surface area (Å²) < 4.78 is 0. The third-order valence-electron chi connectivity index (χ3n) is 2.46. The molecular weight excluding hydrogens is 136 g/mol. The molecule has 0 aromatic rings. The highest BCUT2D eigenvalue weighted by molar-refractivity contribution is 6.90. The van der Waals surface area contributed by atoms with Gasteiger partial charge in [0.15, 0.2) is 0 Å². The average molecular weight is 154 g/mol. The minimum absolute atomic E-state index is 0.358. The summed E-state index contributed by atoms with van der Waals surface area (Å²) in [5, 5.41) is 0.358. The van der Waals surface area contributed by atoms with E-state index in [1.807, 2.05) is 0 Å². The lowest BCUT2D eigenvalue weighted by Gasteiger charge is -2.34. The van der Waals surface area contributed by atoms with E-state index in [0.717, 1.165) is 0 Å². The fourth-order valence-electron chi connectivity index (χ4n) is 0.696. The third kappa shape index (κ3) is 1.60. The van der Waals surface area contributed by atoms with Gasteiger partial charge >= 0.3 is 0 Å². The van der Waals surface area contributed by atoms with Gasteiger partial charge in [0.05, 0.1) is 0 Å². The molecule has 0 aliphatic heterocycles. The normalized spacial score (nSPS) is 12.8. The van der Waals surface area contributed by atoms with Crippen LogP contribution in [0, 0.1) is 0 Å². The Hall–Kier alpha value is -0.303. The summed E-state index contributed by atoms with van der Waals surface area (Å²) in [7, 11) is -1.37. The van der Waals surface area contributed by atoms with Crippen LogP contribution in [0.2, 0.25) is 11.6 Å². The van der Waals surface area contributed by atoms with Gasteiger partial charge in [-0.15, -0.1) is 13.2 Å². The van der Waals surface area contributed by atoms with Crippen molar-refractivity contribution in [2.75, 3.05) is 0 Å². The predicted molar refractivity (Wildman–Crippen MR) is 51.7 cm³/mol. The molecule has 0 N–H and O–H groups in total. The SMILES string of the molecule is C=C[Si](C)(C=C)C(C)(C)C. The van der Waals surface area contributed by atoms with Crippen LogP contribution < -0.4 is 0 Å². The summed E-state index contributed by atoms with van der Waals surface area (Å²) in [5.74, 6) is 0. The Labute approximate surface area is 65.7 Å². The molecule has 0 radical (unpaired) electrons. The third-order valence-corrected chi connectivity index (χ3v) is 7.39. The predicted octanol–water partition coefficient (Wildman–Crippen LogP) is 3.32. The molecule has 1 heteroatoms. The summed E-state index contributed by atoms with van der Waals surface area (Å²) in [6.07, 6.45) is 0. The molecule has 0 saturated carbocycles. The van der Waals surface area contributed by atoms with Crippen molar-refractivity contribution in [2.24, 2.45) is 0 Å². The Morgan fingerprint density at radius 1 is 1.10 bits per heavy atom. The zero-order valence-corrected chi connectivity index (χ0v) is 8.57. The maximum atomic E-state index is 3.86. The van der Waals surface area contributed by atoms with Crippen LogP contribution in [0.25, 0.3) is 0 Å². The second kappa shape index (κ2) is 2.75. The molecule has 10 heavy (non-hydrogen) atoms. The molecule has 58 valence electrons. The van der Waals surface area contributed by atoms with Crippen LogP contribution in [-0.2, 0) is 0 Å². The van der Waals surface area contributed by atoms with Gasteiger partial charge in [-0.3, -0.25) is 0 Å². The van der Waals surface area contributed by atoms with Crippen molar-refractivity contribution >= 4 is 8.07 Å². The Kier molecular flexibility index (Phi) is 2.66. The average Bonchev–Trinajstić information content (AvgIpc) is 1.84. The van der Waals surface area contributed by atoms with E-state index in [-0.39, 0.29) is 0 Å². The topological polar surface area (TPSA) is 0 Å². The summed E-state index contributed by atoms with van der Waals surface area (Å²) >= 11 is 0. The highest BCUT2D eigenvalue weighted by Gasteiger charge is 2.33. The molecule has 0 bridgehead atoms. The van der Waals surface area contributed by atoms with E-state index >= 15 is 0 Å². The summed E-state index contributed by atoms with van der Waals surface area (Å²) in [6, 6.07) is 0. The van der Waals surface area contributed by atoms with Crippen molar-refractivity contribution in [1.29, 1.82) is 0 Å². The second-order valence-corrected chi connectivity index (χ2v) is 8.82. The molecule has 0 aliphatic rings. The summed E-state index contributed by atoms with van der Waals surface area (Å²) in [4.78, 5) is 0. The molecule has 0 unspecified atom stereocenters. The second-order valence-electron chi connectivity index (χ2n) is 3.94. The molecule has 0 saturated heterocycles. The molecular formula is C9H18Si. The molecule has 0 aliphatic carbocycles. The van der Waals surface area contributed by atoms with E-state index in [2.05, 4.69) is 51.9 Å². The highest BCUT2D eigenvalue weighted by Crippen LogP contribution is 2.36. The van der Waals surface area contributed by atoms with Crippen LogP contribution >= 0.6 is 0 Å². The fraction of sp³-hybridized carbons (Fsp3) is 0.556. The zero-order chi connectivity index (χ0) is 8.41. The lowest BCUT2D eigenvalue weighted by atomic mass is 10.2. The van der Waals surface area contributed by atoms with E-state index in [1.165, 1.54) is 0 Å². The first-order valence-electron chi connectivity index (χ1n) is 3.64. The number of rotatable bonds is 2. The highest BCUT2D eigenvalue weighted by atomic mass is 28.3. The minimum Gasteiger partial charge on any atom is -0.107 e. The monoisotopic (exact) mass is 154 g/mol. The maximum absolute atomic E-state index is 3.86. The molecule has 0 nitrogen and oxygen atoms in total. The molecule has 0 amide bonds. The van der Waals surface area contributed by atoms with Crippen LogP contribution in [0.3, 0.4) is 0 Å². The lowest BCUT2D eigenvalue weighted by Crippen LogP contribution is -2.36. The molecule has 0 spiro atoms. The van der Waals surface area contributed by atoms with E-state index in [1.54, 1.807) is 0 Å². The van der Waals surface area contributed by atoms with Gasteiger partial charge in [-0.2, -0.15) is 0 Å².